The van der Waals surface area contributed by atoms with E-state index >= 15 is 0 Å². The number of esters is 1. The Morgan fingerprint density at radius 2 is 1.76 bits per heavy atom. The minimum atomic E-state index is -0.783. The van der Waals surface area contributed by atoms with Crippen LogP contribution in [0.3, 0.4) is 0 Å². The van der Waals surface area contributed by atoms with Crippen LogP contribution in [0.5, 0.6) is 5.75 Å². The van der Waals surface area contributed by atoms with Crippen molar-refractivity contribution in [3.63, 3.8) is 0 Å². The molecule has 0 bridgehead atoms. The van der Waals surface area contributed by atoms with E-state index in [0.717, 1.165) is 22.9 Å². The molecule has 0 saturated carbocycles. The normalized spacial score (nSPS) is 14.9. The van der Waals surface area contributed by atoms with Crippen molar-refractivity contribution in [2.24, 2.45) is 4.99 Å². The molecular weight excluding hydrogens is 680 g/mol. The van der Waals surface area contributed by atoms with Crippen molar-refractivity contribution in [1.29, 1.82) is 0 Å². The van der Waals surface area contributed by atoms with Crippen LogP contribution in [0.4, 0.5) is 5.69 Å². The Kier molecular flexibility index (Phi) is 9.79. The second kappa shape index (κ2) is 13.3. The number of carbonyl (C=O) groups is 2. The average molecular weight is 702 g/mol. The average Bonchev–Trinajstić information content (AvgIpc) is 3.22. The van der Waals surface area contributed by atoms with Crippen LogP contribution < -0.4 is 4.74 Å². The molecule has 0 saturated heterocycles. The van der Waals surface area contributed by atoms with Crippen molar-refractivity contribution in [3.05, 3.63) is 118 Å². The lowest BCUT2D eigenvalue weighted by atomic mass is 10.1. The van der Waals surface area contributed by atoms with Gasteiger partial charge in [-0.1, -0.05) is 30.0 Å². The lowest BCUT2D eigenvalue weighted by molar-refractivity contribution is -0.384. The van der Waals surface area contributed by atoms with E-state index in [0.29, 0.717) is 30.7 Å². The topological polar surface area (TPSA) is 128 Å². The predicted octanol–water partition coefficient (Wildman–Crippen LogP) is 7.71. The van der Waals surface area contributed by atoms with Gasteiger partial charge in [-0.2, -0.15) is 0 Å². The van der Waals surface area contributed by atoms with Crippen LogP contribution in [-0.4, -0.2) is 33.6 Å². The first-order valence-electron chi connectivity index (χ1n) is 12.1. The van der Waals surface area contributed by atoms with Crippen LogP contribution in [0.2, 0.25) is 0 Å². The first-order chi connectivity index (χ1) is 19.6. The summed E-state index contributed by atoms with van der Waals surface area (Å²) in [5.74, 6) is -1.16. The third kappa shape index (κ3) is 7.13. The maximum absolute atomic E-state index is 12.9. The number of non-ortho nitro benzene ring substituents is 1. The summed E-state index contributed by atoms with van der Waals surface area (Å²) in [6.07, 6.45) is 1.65. The first-order valence-corrected chi connectivity index (χ1v) is 14.5. The maximum Gasteiger partial charge on any atom is 0.344 e. The fourth-order valence-electron chi connectivity index (χ4n) is 3.78. The summed E-state index contributed by atoms with van der Waals surface area (Å²) < 4.78 is 12.2. The Balaban J connectivity index is 1.61. The van der Waals surface area contributed by atoms with Gasteiger partial charge in [0.1, 0.15) is 28.7 Å². The number of aryl methyl sites for hydroxylation is 1. The Labute approximate surface area is 256 Å². The number of nitrogens with zero attached hydrogens (tertiary/aromatic N) is 2. The number of nitro groups is 1. The van der Waals surface area contributed by atoms with E-state index in [2.05, 4.69) is 36.9 Å². The highest BCUT2D eigenvalue weighted by Crippen LogP contribution is 2.41. The van der Waals surface area contributed by atoms with E-state index in [1.54, 1.807) is 62.4 Å². The summed E-state index contributed by atoms with van der Waals surface area (Å²) in [6, 6.07) is 16.5. The minimum Gasteiger partial charge on any atom is -0.506 e. The first kappa shape index (κ1) is 30.2. The molecule has 12 heteroatoms. The van der Waals surface area contributed by atoms with Crippen molar-refractivity contribution in [2.45, 2.75) is 20.5 Å². The van der Waals surface area contributed by atoms with E-state index in [-0.39, 0.29) is 35.3 Å². The van der Waals surface area contributed by atoms with Gasteiger partial charge in [0.2, 0.25) is 0 Å². The Morgan fingerprint density at radius 1 is 1.10 bits per heavy atom. The molecular formula is C29H22Br2N2O7S. The number of nitro benzene ring substituents is 1. The summed E-state index contributed by atoms with van der Waals surface area (Å²) in [6.45, 7) is 3.69. The number of halogens is 2. The fraction of sp³-hybridized carbons (Fsp3) is 0.138. The monoisotopic (exact) mass is 700 g/mol. The molecule has 1 aliphatic rings. The number of amides is 1. The molecule has 0 aromatic heterocycles. The molecule has 4 rings (SSSR count). The number of aliphatic imine (C=N–C) groups is 1. The smallest absolute Gasteiger partial charge is 0.344 e. The van der Waals surface area contributed by atoms with Crippen molar-refractivity contribution in [1.82, 2.24) is 0 Å². The van der Waals surface area contributed by atoms with Crippen molar-refractivity contribution >= 4 is 72.3 Å². The standard InChI is InChI=1S/C29H22Br2N2O7S/c1-3-39-29(36)24-25(34)23(41-28(24)32-27(35)20-7-5-4-6-16(20)2)14-18-12-21(30)26(22(31)13-18)40-15-17-8-10-19(11-9-17)33(37)38/h4-14,34H,3,15H2,1-2H3/b23-14-,32-28?. The van der Waals surface area contributed by atoms with Gasteiger partial charge in [0.15, 0.2) is 0 Å². The Morgan fingerprint density at radius 3 is 2.37 bits per heavy atom. The Hall–Kier alpha value is -3.74. The lowest BCUT2D eigenvalue weighted by Gasteiger charge is -2.12. The molecule has 0 aliphatic carbocycles. The third-order valence-electron chi connectivity index (χ3n) is 5.80. The largest absolute Gasteiger partial charge is 0.506 e. The van der Waals surface area contributed by atoms with E-state index in [9.17, 15) is 24.8 Å². The van der Waals surface area contributed by atoms with Crippen LogP contribution >= 0.6 is 43.6 Å². The molecule has 0 fully saturated rings. The number of hydrogen-bond acceptors (Lipinski definition) is 8. The van der Waals surface area contributed by atoms with E-state index < -0.39 is 16.8 Å². The lowest BCUT2D eigenvalue weighted by Crippen LogP contribution is -2.14. The molecule has 210 valence electrons. The fourth-order valence-corrected chi connectivity index (χ4v) is 6.24. The number of ether oxygens (including phenoxy) is 2. The summed E-state index contributed by atoms with van der Waals surface area (Å²) in [5, 5.41) is 21.9. The number of thioether (sulfide) groups is 1. The number of carbonyl (C=O) groups excluding carboxylic acids is 2. The quantitative estimate of drug-likeness (QED) is 0.144. The minimum absolute atomic E-state index is 0.00514. The highest BCUT2D eigenvalue weighted by Gasteiger charge is 2.34. The van der Waals surface area contributed by atoms with Crippen molar-refractivity contribution in [3.8, 4) is 5.75 Å². The van der Waals surface area contributed by atoms with Gasteiger partial charge < -0.3 is 14.6 Å². The van der Waals surface area contributed by atoms with E-state index in [1.165, 1.54) is 12.1 Å². The molecule has 0 unspecified atom stereocenters. The van der Waals surface area contributed by atoms with Gasteiger partial charge in [-0.25, -0.2) is 9.79 Å². The van der Waals surface area contributed by atoms with Crippen molar-refractivity contribution < 1.29 is 29.1 Å². The maximum atomic E-state index is 12.9. The molecule has 1 N–H and O–H groups in total. The van der Waals surface area contributed by atoms with Crippen molar-refractivity contribution in [2.75, 3.05) is 6.61 Å². The zero-order chi connectivity index (χ0) is 29.7. The summed E-state index contributed by atoms with van der Waals surface area (Å²) in [7, 11) is 0. The molecule has 0 spiro atoms. The molecule has 3 aromatic carbocycles. The molecule has 0 radical (unpaired) electrons. The van der Waals surface area contributed by atoms with Crippen LogP contribution in [0.1, 0.15) is 34.0 Å². The van der Waals surface area contributed by atoms with Gasteiger partial charge in [0.25, 0.3) is 11.6 Å². The molecule has 3 aromatic rings. The highest BCUT2D eigenvalue weighted by molar-refractivity contribution is 9.11. The molecule has 9 nitrogen and oxygen atoms in total. The van der Waals surface area contributed by atoms with Crippen LogP contribution in [-0.2, 0) is 16.1 Å². The van der Waals surface area contributed by atoms with Crippen LogP contribution in [0.25, 0.3) is 6.08 Å². The van der Waals surface area contributed by atoms with Crippen LogP contribution in [0.15, 0.2) is 90.8 Å². The van der Waals surface area contributed by atoms with E-state index in [1.807, 2.05) is 6.07 Å². The molecule has 1 heterocycles. The number of hydrogen-bond donors (Lipinski definition) is 1. The number of aliphatic hydroxyl groups is 1. The van der Waals surface area contributed by atoms with Gasteiger partial charge in [0.05, 0.1) is 25.4 Å². The summed E-state index contributed by atoms with van der Waals surface area (Å²) in [4.78, 5) is 40.5. The summed E-state index contributed by atoms with van der Waals surface area (Å²) in [5.41, 5.74) is 2.34. The van der Waals surface area contributed by atoms with Crippen LogP contribution in [0, 0.1) is 17.0 Å². The SMILES string of the molecule is CCOC(=O)C1=C(O)/C(=C/c2cc(Br)c(OCc3ccc([N+](=O)[O-])cc3)c(Br)c2)SC1=NC(=O)c1ccccc1C. The number of aliphatic hydroxyl groups excluding tert-OH is 1. The zero-order valence-corrected chi connectivity index (χ0v) is 25.7. The molecule has 1 aliphatic heterocycles. The van der Waals surface area contributed by atoms with Gasteiger partial charge in [0, 0.05) is 17.7 Å². The van der Waals surface area contributed by atoms with Gasteiger partial charge in [-0.15, -0.1) is 0 Å². The third-order valence-corrected chi connectivity index (χ3v) is 8.00. The van der Waals surface area contributed by atoms with Gasteiger partial charge in [-0.3, -0.25) is 14.9 Å². The second-order valence-electron chi connectivity index (χ2n) is 8.62. The molecule has 0 atom stereocenters. The number of rotatable bonds is 8. The summed E-state index contributed by atoms with van der Waals surface area (Å²) >= 11 is 7.99. The highest BCUT2D eigenvalue weighted by atomic mass is 79.9. The van der Waals surface area contributed by atoms with Gasteiger partial charge in [-0.05, 0) is 98.8 Å². The predicted molar refractivity (Wildman–Crippen MR) is 164 cm³/mol. The zero-order valence-electron chi connectivity index (χ0n) is 21.7. The van der Waals surface area contributed by atoms with E-state index in [4.69, 9.17) is 9.47 Å². The second-order valence-corrected chi connectivity index (χ2v) is 11.4. The number of benzene rings is 3. The molecule has 41 heavy (non-hydrogen) atoms. The Bertz CT molecular complexity index is 1610. The molecule has 1 amide bonds. The van der Waals surface area contributed by atoms with Gasteiger partial charge >= 0.3 is 5.97 Å².